The number of rotatable bonds is 8. The van der Waals surface area contributed by atoms with Gasteiger partial charge in [0.1, 0.15) is 0 Å². The van der Waals surface area contributed by atoms with Crippen molar-refractivity contribution in [2.24, 2.45) is 17.3 Å². The Kier molecular flexibility index (Phi) is 7.30. The van der Waals surface area contributed by atoms with Crippen molar-refractivity contribution in [3.8, 4) is 0 Å². The molecular formula is C15H33N. The fraction of sp³-hybridized carbons (Fsp3) is 1.00. The zero-order chi connectivity index (χ0) is 12.8. The molecule has 0 fully saturated rings. The van der Waals surface area contributed by atoms with Gasteiger partial charge in [0.05, 0.1) is 0 Å². The molecule has 0 aromatic heterocycles. The van der Waals surface area contributed by atoms with Crippen molar-refractivity contribution in [1.82, 2.24) is 5.32 Å². The van der Waals surface area contributed by atoms with Gasteiger partial charge in [0, 0.05) is 12.6 Å². The molecule has 1 nitrogen and oxygen atoms in total. The summed E-state index contributed by atoms with van der Waals surface area (Å²) in [5, 5.41) is 3.61. The Labute approximate surface area is 103 Å². The van der Waals surface area contributed by atoms with Gasteiger partial charge in [-0.05, 0) is 23.7 Å². The summed E-state index contributed by atoms with van der Waals surface area (Å²) in [6.45, 7) is 17.4. The Hall–Kier alpha value is -0.0400. The molecule has 0 bridgehead atoms. The van der Waals surface area contributed by atoms with Crippen LogP contribution in [0.25, 0.3) is 0 Å². The highest BCUT2D eigenvalue weighted by Gasteiger charge is 2.27. The molecule has 0 amide bonds. The molecule has 0 aliphatic carbocycles. The predicted molar refractivity (Wildman–Crippen MR) is 74.8 cm³/mol. The van der Waals surface area contributed by atoms with E-state index < -0.39 is 0 Å². The Morgan fingerprint density at radius 2 is 1.56 bits per heavy atom. The van der Waals surface area contributed by atoms with Gasteiger partial charge in [-0.3, -0.25) is 0 Å². The highest BCUT2D eigenvalue weighted by molar-refractivity contribution is 4.81. The van der Waals surface area contributed by atoms with E-state index in [4.69, 9.17) is 0 Å². The summed E-state index contributed by atoms with van der Waals surface area (Å²) in [5.41, 5.74) is 0.457. The SMILES string of the molecule is CC(C)CCCC(C)(CNC(C)C)C(C)C. The van der Waals surface area contributed by atoms with Crippen molar-refractivity contribution >= 4 is 0 Å². The lowest BCUT2D eigenvalue weighted by atomic mass is 9.74. The summed E-state index contributed by atoms with van der Waals surface area (Å²) in [6, 6.07) is 0.600. The third kappa shape index (κ3) is 6.52. The van der Waals surface area contributed by atoms with Crippen molar-refractivity contribution in [3.63, 3.8) is 0 Å². The van der Waals surface area contributed by atoms with Crippen LogP contribution in [0, 0.1) is 17.3 Å². The minimum absolute atomic E-state index is 0.457. The van der Waals surface area contributed by atoms with Crippen LogP contribution in [0.5, 0.6) is 0 Å². The van der Waals surface area contributed by atoms with Crippen LogP contribution in [0.15, 0.2) is 0 Å². The molecular weight excluding hydrogens is 194 g/mol. The van der Waals surface area contributed by atoms with Crippen LogP contribution in [0.1, 0.15) is 67.7 Å². The Morgan fingerprint density at radius 1 is 1.00 bits per heavy atom. The van der Waals surface area contributed by atoms with Gasteiger partial charge >= 0.3 is 0 Å². The maximum absolute atomic E-state index is 3.61. The molecule has 1 unspecified atom stereocenters. The van der Waals surface area contributed by atoms with Crippen LogP contribution >= 0.6 is 0 Å². The van der Waals surface area contributed by atoms with E-state index in [1.54, 1.807) is 0 Å². The van der Waals surface area contributed by atoms with Gasteiger partial charge in [-0.1, -0.05) is 61.3 Å². The molecule has 0 saturated heterocycles. The Morgan fingerprint density at radius 3 is 1.94 bits per heavy atom. The fourth-order valence-electron chi connectivity index (χ4n) is 1.93. The van der Waals surface area contributed by atoms with Gasteiger partial charge in [0.15, 0.2) is 0 Å². The molecule has 0 aromatic carbocycles. The second-order valence-electron chi connectivity index (χ2n) is 6.63. The van der Waals surface area contributed by atoms with Crippen molar-refractivity contribution < 1.29 is 0 Å². The van der Waals surface area contributed by atoms with Gasteiger partial charge in [-0.25, -0.2) is 0 Å². The molecule has 0 radical (unpaired) electrons. The van der Waals surface area contributed by atoms with E-state index >= 15 is 0 Å². The number of nitrogens with one attached hydrogen (secondary N) is 1. The van der Waals surface area contributed by atoms with Crippen molar-refractivity contribution in [2.45, 2.75) is 73.8 Å². The quantitative estimate of drug-likeness (QED) is 0.645. The monoisotopic (exact) mass is 227 g/mol. The Balaban J connectivity index is 4.12. The summed E-state index contributed by atoms with van der Waals surface area (Å²) in [4.78, 5) is 0. The van der Waals surface area contributed by atoms with Crippen LogP contribution in [0.3, 0.4) is 0 Å². The lowest BCUT2D eigenvalue weighted by Crippen LogP contribution is -2.39. The molecule has 0 rings (SSSR count). The molecule has 0 aliphatic heterocycles. The van der Waals surface area contributed by atoms with Crippen LogP contribution in [-0.2, 0) is 0 Å². The van der Waals surface area contributed by atoms with E-state index in [-0.39, 0.29) is 0 Å². The maximum atomic E-state index is 3.61. The molecule has 1 atom stereocenters. The summed E-state index contributed by atoms with van der Waals surface area (Å²) in [7, 11) is 0. The van der Waals surface area contributed by atoms with E-state index in [2.05, 4.69) is 53.8 Å². The lowest BCUT2D eigenvalue weighted by Gasteiger charge is -2.35. The summed E-state index contributed by atoms with van der Waals surface area (Å²) in [6.07, 6.45) is 4.08. The van der Waals surface area contributed by atoms with Crippen LogP contribution in [0.2, 0.25) is 0 Å². The second kappa shape index (κ2) is 7.32. The van der Waals surface area contributed by atoms with E-state index in [1.807, 2.05) is 0 Å². The van der Waals surface area contributed by atoms with Gasteiger partial charge in [-0.15, -0.1) is 0 Å². The maximum Gasteiger partial charge on any atom is 0.00106 e. The smallest absolute Gasteiger partial charge is 0.00106 e. The van der Waals surface area contributed by atoms with E-state index in [0.29, 0.717) is 11.5 Å². The average molecular weight is 227 g/mol. The highest BCUT2D eigenvalue weighted by Crippen LogP contribution is 2.32. The normalized spacial score (nSPS) is 16.1. The third-order valence-corrected chi connectivity index (χ3v) is 3.84. The van der Waals surface area contributed by atoms with Gasteiger partial charge in [0.2, 0.25) is 0 Å². The van der Waals surface area contributed by atoms with Crippen molar-refractivity contribution in [3.05, 3.63) is 0 Å². The minimum atomic E-state index is 0.457. The first kappa shape index (κ1) is 16.0. The fourth-order valence-corrected chi connectivity index (χ4v) is 1.93. The molecule has 16 heavy (non-hydrogen) atoms. The van der Waals surface area contributed by atoms with Crippen LogP contribution in [-0.4, -0.2) is 12.6 Å². The summed E-state index contributed by atoms with van der Waals surface area (Å²) < 4.78 is 0. The topological polar surface area (TPSA) is 12.0 Å². The second-order valence-corrected chi connectivity index (χ2v) is 6.63. The van der Waals surface area contributed by atoms with E-state index in [9.17, 15) is 0 Å². The Bertz CT molecular complexity index is 172. The van der Waals surface area contributed by atoms with E-state index in [0.717, 1.165) is 18.4 Å². The third-order valence-electron chi connectivity index (χ3n) is 3.84. The van der Waals surface area contributed by atoms with Crippen LogP contribution < -0.4 is 5.32 Å². The number of hydrogen-bond acceptors (Lipinski definition) is 1. The first-order valence-electron chi connectivity index (χ1n) is 7.01. The molecule has 0 spiro atoms. The molecule has 1 N–H and O–H groups in total. The molecule has 0 heterocycles. The first-order chi connectivity index (χ1) is 7.28. The highest BCUT2D eigenvalue weighted by atomic mass is 14.9. The average Bonchev–Trinajstić information content (AvgIpc) is 2.13. The zero-order valence-electron chi connectivity index (χ0n) is 12.6. The summed E-state index contributed by atoms with van der Waals surface area (Å²) in [5.74, 6) is 1.60. The van der Waals surface area contributed by atoms with Crippen molar-refractivity contribution in [1.29, 1.82) is 0 Å². The van der Waals surface area contributed by atoms with E-state index in [1.165, 1.54) is 19.3 Å². The largest absolute Gasteiger partial charge is 0.314 e. The zero-order valence-corrected chi connectivity index (χ0v) is 12.6. The molecule has 1 heteroatoms. The lowest BCUT2D eigenvalue weighted by molar-refractivity contribution is 0.178. The standard InChI is InChI=1S/C15H33N/c1-12(2)9-8-10-15(7,13(3)4)11-16-14(5)6/h12-14,16H,8-11H2,1-7H3. The molecule has 0 aliphatic rings. The van der Waals surface area contributed by atoms with Gasteiger partial charge in [0.25, 0.3) is 0 Å². The van der Waals surface area contributed by atoms with Crippen LogP contribution in [0.4, 0.5) is 0 Å². The molecule has 0 saturated carbocycles. The first-order valence-corrected chi connectivity index (χ1v) is 7.01. The predicted octanol–water partition coefficient (Wildman–Crippen LogP) is 4.47. The molecule has 98 valence electrons. The van der Waals surface area contributed by atoms with Gasteiger partial charge in [-0.2, -0.15) is 0 Å². The van der Waals surface area contributed by atoms with Crippen molar-refractivity contribution in [2.75, 3.05) is 6.54 Å². The van der Waals surface area contributed by atoms with Gasteiger partial charge < -0.3 is 5.32 Å². The minimum Gasteiger partial charge on any atom is -0.314 e. The molecule has 0 aromatic rings. The summed E-state index contributed by atoms with van der Waals surface area (Å²) >= 11 is 0. The number of hydrogen-bond donors (Lipinski definition) is 1.